The molecule has 4 nitrogen and oxygen atoms in total. The second kappa shape index (κ2) is 9.78. The number of unbranched alkanes of at least 4 members (excludes halogenated alkanes) is 3. The van der Waals surface area contributed by atoms with Gasteiger partial charge in [-0.2, -0.15) is 11.8 Å². The van der Waals surface area contributed by atoms with Crippen LogP contribution in [-0.4, -0.2) is 33.5 Å². The van der Waals surface area contributed by atoms with Crippen molar-refractivity contribution in [3.05, 3.63) is 17.0 Å². The van der Waals surface area contributed by atoms with Crippen molar-refractivity contribution in [2.24, 2.45) is 5.73 Å². The van der Waals surface area contributed by atoms with Crippen molar-refractivity contribution in [1.29, 1.82) is 0 Å². The molecular formula is C13H24N2O2S3. The average Bonchev–Trinajstić information content (AvgIpc) is 2.88. The van der Waals surface area contributed by atoms with Crippen molar-refractivity contribution >= 4 is 33.1 Å². The van der Waals surface area contributed by atoms with Gasteiger partial charge in [0.2, 0.25) is 10.0 Å². The van der Waals surface area contributed by atoms with Crippen LogP contribution in [0.1, 0.15) is 30.6 Å². The summed E-state index contributed by atoms with van der Waals surface area (Å²) in [5.41, 5.74) is 5.47. The van der Waals surface area contributed by atoms with Crippen LogP contribution in [-0.2, 0) is 16.4 Å². The van der Waals surface area contributed by atoms with Crippen LogP contribution in [0.4, 0.5) is 0 Å². The van der Waals surface area contributed by atoms with Gasteiger partial charge < -0.3 is 5.73 Å². The Morgan fingerprint density at radius 2 is 2.00 bits per heavy atom. The van der Waals surface area contributed by atoms with E-state index in [4.69, 9.17) is 5.73 Å². The van der Waals surface area contributed by atoms with E-state index < -0.39 is 10.0 Å². The van der Waals surface area contributed by atoms with E-state index in [0.717, 1.165) is 24.1 Å². The Morgan fingerprint density at radius 3 is 2.70 bits per heavy atom. The maximum atomic E-state index is 12.0. The molecule has 0 aliphatic carbocycles. The summed E-state index contributed by atoms with van der Waals surface area (Å²) >= 11 is 3.16. The van der Waals surface area contributed by atoms with Gasteiger partial charge in [-0.3, -0.25) is 0 Å². The SMILES string of the molecule is CSCCCCCCNS(=O)(=O)c1ccc(CCN)s1. The average molecular weight is 337 g/mol. The number of thiophene rings is 1. The van der Waals surface area contributed by atoms with Crippen LogP contribution in [0.25, 0.3) is 0 Å². The highest BCUT2D eigenvalue weighted by Crippen LogP contribution is 2.21. The van der Waals surface area contributed by atoms with Gasteiger partial charge in [0, 0.05) is 11.4 Å². The summed E-state index contributed by atoms with van der Waals surface area (Å²) in [6.07, 6.45) is 7.19. The van der Waals surface area contributed by atoms with Crippen molar-refractivity contribution in [2.45, 2.75) is 36.3 Å². The standard InChI is InChI=1S/C13H24N2O2S3/c1-18-11-5-3-2-4-10-15-20(16,17)13-7-6-12(19-13)8-9-14/h6-7,15H,2-5,8-11,14H2,1H3. The van der Waals surface area contributed by atoms with Gasteiger partial charge in [0.05, 0.1) is 0 Å². The van der Waals surface area contributed by atoms with E-state index in [1.807, 2.05) is 17.8 Å². The van der Waals surface area contributed by atoms with Crippen LogP contribution in [0.5, 0.6) is 0 Å². The van der Waals surface area contributed by atoms with Crippen molar-refractivity contribution in [1.82, 2.24) is 4.72 Å². The fourth-order valence-electron chi connectivity index (χ4n) is 1.78. The van der Waals surface area contributed by atoms with Crippen LogP contribution < -0.4 is 10.5 Å². The Kier molecular flexibility index (Phi) is 8.79. The molecule has 0 atom stereocenters. The second-order valence-electron chi connectivity index (χ2n) is 4.56. The quantitative estimate of drug-likeness (QED) is 0.609. The summed E-state index contributed by atoms with van der Waals surface area (Å²) in [6, 6.07) is 3.50. The molecule has 3 N–H and O–H groups in total. The molecule has 0 aliphatic heterocycles. The summed E-state index contributed by atoms with van der Waals surface area (Å²) in [7, 11) is -3.33. The third-order valence-electron chi connectivity index (χ3n) is 2.86. The van der Waals surface area contributed by atoms with Gasteiger partial charge >= 0.3 is 0 Å². The molecule has 1 aromatic heterocycles. The molecule has 0 saturated heterocycles. The monoisotopic (exact) mass is 336 g/mol. The molecule has 0 aliphatic rings. The van der Waals surface area contributed by atoms with E-state index in [1.54, 1.807) is 6.07 Å². The Morgan fingerprint density at radius 1 is 1.25 bits per heavy atom. The fraction of sp³-hybridized carbons (Fsp3) is 0.692. The van der Waals surface area contributed by atoms with Crippen LogP contribution >= 0.6 is 23.1 Å². The van der Waals surface area contributed by atoms with Crippen molar-refractivity contribution in [3.8, 4) is 0 Å². The third-order valence-corrected chi connectivity index (χ3v) is 6.65. The van der Waals surface area contributed by atoms with E-state index in [1.165, 1.54) is 29.9 Å². The topological polar surface area (TPSA) is 72.2 Å². The summed E-state index contributed by atoms with van der Waals surface area (Å²) < 4.78 is 27.2. The van der Waals surface area contributed by atoms with E-state index in [2.05, 4.69) is 11.0 Å². The highest BCUT2D eigenvalue weighted by Gasteiger charge is 2.15. The number of nitrogens with one attached hydrogen (secondary N) is 1. The molecule has 0 radical (unpaired) electrons. The first-order chi connectivity index (χ1) is 9.60. The summed E-state index contributed by atoms with van der Waals surface area (Å²) in [4.78, 5) is 1.02. The van der Waals surface area contributed by atoms with Crippen LogP contribution in [0.15, 0.2) is 16.3 Å². The van der Waals surface area contributed by atoms with Crippen molar-refractivity contribution in [2.75, 3.05) is 25.1 Å². The predicted molar refractivity (Wildman–Crippen MR) is 89.1 cm³/mol. The summed E-state index contributed by atoms with van der Waals surface area (Å²) in [5, 5.41) is 0. The van der Waals surface area contributed by atoms with E-state index in [0.29, 0.717) is 17.3 Å². The Bertz CT molecular complexity index is 472. The van der Waals surface area contributed by atoms with Gasteiger partial charge in [0.15, 0.2) is 0 Å². The van der Waals surface area contributed by atoms with E-state index in [9.17, 15) is 8.42 Å². The maximum absolute atomic E-state index is 12.0. The smallest absolute Gasteiger partial charge is 0.250 e. The van der Waals surface area contributed by atoms with Crippen LogP contribution in [0.2, 0.25) is 0 Å². The van der Waals surface area contributed by atoms with Gasteiger partial charge in [-0.15, -0.1) is 11.3 Å². The molecule has 0 fully saturated rings. The molecular weight excluding hydrogens is 312 g/mol. The van der Waals surface area contributed by atoms with Crippen molar-refractivity contribution in [3.63, 3.8) is 0 Å². The molecule has 1 heterocycles. The summed E-state index contributed by atoms with van der Waals surface area (Å²) in [5.74, 6) is 1.19. The number of rotatable bonds is 11. The lowest BCUT2D eigenvalue weighted by molar-refractivity contribution is 0.576. The van der Waals surface area contributed by atoms with Crippen molar-refractivity contribution < 1.29 is 8.42 Å². The maximum Gasteiger partial charge on any atom is 0.250 e. The summed E-state index contributed by atoms with van der Waals surface area (Å²) in [6.45, 7) is 1.06. The van der Waals surface area contributed by atoms with Crippen LogP contribution in [0.3, 0.4) is 0 Å². The molecule has 1 aromatic rings. The first-order valence-corrected chi connectivity index (χ1v) is 10.6. The van der Waals surface area contributed by atoms with Gasteiger partial charge in [-0.1, -0.05) is 12.8 Å². The number of hydrogen-bond acceptors (Lipinski definition) is 5. The largest absolute Gasteiger partial charge is 0.330 e. The zero-order valence-electron chi connectivity index (χ0n) is 11.9. The number of sulfonamides is 1. The predicted octanol–water partition coefficient (Wildman–Crippen LogP) is 2.45. The zero-order valence-corrected chi connectivity index (χ0v) is 14.4. The van der Waals surface area contributed by atoms with Gasteiger partial charge in [-0.05, 0) is 49.9 Å². The minimum atomic E-state index is -3.33. The Balaban J connectivity index is 2.30. The molecule has 116 valence electrons. The molecule has 0 bridgehead atoms. The lowest BCUT2D eigenvalue weighted by atomic mass is 10.2. The minimum Gasteiger partial charge on any atom is -0.330 e. The van der Waals surface area contributed by atoms with Gasteiger partial charge in [-0.25, -0.2) is 13.1 Å². The molecule has 20 heavy (non-hydrogen) atoms. The molecule has 0 spiro atoms. The van der Waals surface area contributed by atoms with E-state index in [-0.39, 0.29) is 0 Å². The van der Waals surface area contributed by atoms with Gasteiger partial charge in [0.25, 0.3) is 0 Å². The zero-order chi connectivity index (χ0) is 14.8. The number of hydrogen-bond donors (Lipinski definition) is 2. The molecule has 0 amide bonds. The van der Waals surface area contributed by atoms with Gasteiger partial charge in [0.1, 0.15) is 4.21 Å². The number of nitrogens with two attached hydrogens (primary N) is 1. The lowest BCUT2D eigenvalue weighted by Crippen LogP contribution is -2.23. The highest BCUT2D eigenvalue weighted by molar-refractivity contribution is 7.98. The number of thioether (sulfide) groups is 1. The molecule has 7 heteroatoms. The molecule has 0 aromatic carbocycles. The van der Waals surface area contributed by atoms with Crippen LogP contribution in [0, 0.1) is 0 Å². The lowest BCUT2D eigenvalue weighted by Gasteiger charge is -2.04. The second-order valence-corrected chi connectivity index (χ2v) is 8.71. The minimum absolute atomic E-state index is 0.392. The third kappa shape index (κ3) is 6.58. The fourth-order valence-corrected chi connectivity index (χ4v) is 4.76. The molecule has 1 rings (SSSR count). The molecule has 0 unspecified atom stereocenters. The van der Waals surface area contributed by atoms with E-state index >= 15 is 0 Å². The first-order valence-electron chi connectivity index (χ1n) is 6.87. The normalized spacial score (nSPS) is 11.9. The molecule has 0 saturated carbocycles. The first kappa shape index (κ1) is 18.0. The highest BCUT2D eigenvalue weighted by atomic mass is 32.2. The Labute approximate surface area is 130 Å². The Hall–Kier alpha value is -0.0800.